The fourth-order valence-electron chi connectivity index (χ4n) is 1.78. The number of carbonyl (C=O) groups is 3. The Bertz CT molecular complexity index is 331. The van der Waals surface area contributed by atoms with Crippen LogP contribution < -0.4 is 10.6 Å². The molecule has 3 N–H and O–H groups in total. The Morgan fingerprint density at radius 3 is 2.30 bits per heavy atom. The van der Waals surface area contributed by atoms with E-state index in [1.807, 2.05) is 13.8 Å². The summed E-state index contributed by atoms with van der Waals surface area (Å²) >= 11 is 0. The van der Waals surface area contributed by atoms with E-state index >= 15 is 0 Å². The minimum atomic E-state index is -0.988. The van der Waals surface area contributed by atoms with Crippen LogP contribution in [0.15, 0.2) is 0 Å². The Hall–Kier alpha value is -1.59. The first kappa shape index (κ1) is 18.4. The minimum absolute atomic E-state index is 0.0550. The van der Waals surface area contributed by atoms with Crippen molar-refractivity contribution in [1.29, 1.82) is 0 Å². The summed E-state index contributed by atoms with van der Waals surface area (Å²) in [5.74, 6) is -1.35. The molecule has 20 heavy (non-hydrogen) atoms. The Morgan fingerprint density at radius 1 is 1.15 bits per heavy atom. The molecule has 0 saturated heterocycles. The van der Waals surface area contributed by atoms with Crippen LogP contribution in [0.5, 0.6) is 0 Å². The van der Waals surface area contributed by atoms with Crippen molar-refractivity contribution < 1.29 is 19.5 Å². The van der Waals surface area contributed by atoms with Gasteiger partial charge in [-0.2, -0.15) is 0 Å². The van der Waals surface area contributed by atoms with Crippen molar-refractivity contribution in [1.82, 2.24) is 10.6 Å². The zero-order valence-electron chi connectivity index (χ0n) is 12.6. The first-order valence-corrected chi connectivity index (χ1v) is 7.15. The van der Waals surface area contributed by atoms with Gasteiger partial charge in [-0.05, 0) is 18.8 Å². The van der Waals surface area contributed by atoms with Gasteiger partial charge in [0.15, 0.2) is 0 Å². The molecule has 0 aromatic rings. The van der Waals surface area contributed by atoms with Gasteiger partial charge >= 0.3 is 5.97 Å². The summed E-state index contributed by atoms with van der Waals surface area (Å²) in [6.45, 7) is 5.79. The molecule has 0 aromatic heterocycles. The molecule has 0 fully saturated rings. The van der Waals surface area contributed by atoms with Crippen LogP contribution >= 0.6 is 0 Å². The lowest BCUT2D eigenvalue weighted by atomic mass is 9.99. The SMILES string of the molecule is CC[C@H](C)[C@H](NC(=O)CCCCCNC(C)=O)C(=O)O. The van der Waals surface area contributed by atoms with Gasteiger partial charge in [-0.3, -0.25) is 9.59 Å². The van der Waals surface area contributed by atoms with Crippen molar-refractivity contribution in [3.05, 3.63) is 0 Å². The molecule has 0 aliphatic rings. The lowest BCUT2D eigenvalue weighted by Crippen LogP contribution is -2.44. The quantitative estimate of drug-likeness (QED) is 0.527. The number of carboxylic acid groups (broad SMARTS) is 1. The van der Waals surface area contributed by atoms with Gasteiger partial charge in [0, 0.05) is 19.9 Å². The second-order valence-electron chi connectivity index (χ2n) is 5.06. The number of hydrogen-bond donors (Lipinski definition) is 3. The molecule has 6 heteroatoms. The summed E-state index contributed by atoms with van der Waals surface area (Å²) in [6, 6.07) is -0.813. The number of rotatable bonds is 10. The van der Waals surface area contributed by atoms with Gasteiger partial charge in [0.1, 0.15) is 6.04 Å². The Labute approximate surface area is 120 Å². The summed E-state index contributed by atoms with van der Waals surface area (Å²) in [6.07, 6.45) is 3.36. The van der Waals surface area contributed by atoms with E-state index in [9.17, 15) is 14.4 Å². The molecule has 0 aliphatic carbocycles. The number of carboxylic acids is 1. The normalized spacial score (nSPS) is 13.3. The maximum atomic E-state index is 11.7. The average Bonchev–Trinajstić information content (AvgIpc) is 2.38. The highest BCUT2D eigenvalue weighted by Crippen LogP contribution is 2.09. The standard InChI is InChI=1S/C14H26N2O4/c1-4-10(2)13(14(19)20)16-12(18)8-6-5-7-9-15-11(3)17/h10,13H,4-9H2,1-3H3,(H,15,17)(H,16,18)(H,19,20)/t10-,13-/m0/s1. The molecule has 0 bridgehead atoms. The summed E-state index contributed by atoms with van der Waals surface area (Å²) < 4.78 is 0. The third kappa shape index (κ3) is 8.50. The van der Waals surface area contributed by atoms with Crippen LogP contribution in [0.25, 0.3) is 0 Å². The molecule has 0 unspecified atom stereocenters. The predicted molar refractivity (Wildman–Crippen MR) is 76.2 cm³/mol. The molecule has 0 radical (unpaired) electrons. The number of hydrogen-bond acceptors (Lipinski definition) is 3. The molecule has 2 amide bonds. The monoisotopic (exact) mass is 286 g/mol. The fourth-order valence-corrected chi connectivity index (χ4v) is 1.78. The van der Waals surface area contributed by atoms with Gasteiger partial charge in [-0.25, -0.2) is 4.79 Å². The lowest BCUT2D eigenvalue weighted by Gasteiger charge is -2.20. The Balaban J connectivity index is 3.86. The molecule has 0 aliphatic heterocycles. The summed E-state index contributed by atoms with van der Waals surface area (Å²) in [7, 11) is 0. The van der Waals surface area contributed by atoms with Crippen molar-refractivity contribution in [2.24, 2.45) is 5.92 Å². The molecular formula is C14H26N2O4. The third-order valence-electron chi connectivity index (χ3n) is 3.25. The maximum Gasteiger partial charge on any atom is 0.326 e. The van der Waals surface area contributed by atoms with Gasteiger partial charge in [0.25, 0.3) is 0 Å². The van der Waals surface area contributed by atoms with Crippen LogP contribution in [0.2, 0.25) is 0 Å². The molecule has 6 nitrogen and oxygen atoms in total. The molecular weight excluding hydrogens is 260 g/mol. The molecule has 0 aromatic carbocycles. The molecule has 116 valence electrons. The smallest absolute Gasteiger partial charge is 0.326 e. The number of amides is 2. The van der Waals surface area contributed by atoms with E-state index in [0.29, 0.717) is 25.8 Å². The predicted octanol–water partition coefficient (Wildman–Crippen LogP) is 1.30. The van der Waals surface area contributed by atoms with Crippen LogP contribution in [0, 0.1) is 5.92 Å². The van der Waals surface area contributed by atoms with Crippen molar-refractivity contribution in [3.63, 3.8) is 0 Å². The number of aliphatic carboxylic acids is 1. The van der Waals surface area contributed by atoms with E-state index in [2.05, 4.69) is 10.6 Å². The molecule has 0 heterocycles. The van der Waals surface area contributed by atoms with Gasteiger partial charge in [-0.15, -0.1) is 0 Å². The van der Waals surface area contributed by atoms with Crippen LogP contribution in [-0.2, 0) is 14.4 Å². The summed E-state index contributed by atoms with van der Waals surface area (Å²) in [5, 5.41) is 14.3. The van der Waals surface area contributed by atoms with Crippen molar-refractivity contribution in [2.75, 3.05) is 6.54 Å². The molecule has 2 atom stereocenters. The van der Waals surface area contributed by atoms with Gasteiger partial charge < -0.3 is 15.7 Å². The topological polar surface area (TPSA) is 95.5 Å². The largest absolute Gasteiger partial charge is 0.480 e. The van der Waals surface area contributed by atoms with Crippen molar-refractivity contribution >= 4 is 17.8 Å². The second kappa shape index (κ2) is 10.2. The highest BCUT2D eigenvalue weighted by molar-refractivity contribution is 5.83. The van der Waals surface area contributed by atoms with Crippen LogP contribution in [0.4, 0.5) is 0 Å². The summed E-state index contributed by atoms with van der Waals surface area (Å²) in [5.41, 5.74) is 0. The third-order valence-corrected chi connectivity index (χ3v) is 3.25. The number of nitrogens with one attached hydrogen (secondary N) is 2. The van der Waals surface area contributed by atoms with Crippen molar-refractivity contribution in [2.45, 2.75) is 58.9 Å². The number of unbranched alkanes of at least 4 members (excludes halogenated alkanes) is 2. The van der Waals surface area contributed by atoms with E-state index < -0.39 is 12.0 Å². The first-order chi connectivity index (χ1) is 9.38. The lowest BCUT2D eigenvalue weighted by molar-refractivity contribution is -0.143. The molecule has 0 rings (SSSR count). The zero-order valence-corrected chi connectivity index (χ0v) is 12.6. The maximum absolute atomic E-state index is 11.7. The van der Waals surface area contributed by atoms with E-state index in [4.69, 9.17) is 5.11 Å². The van der Waals surface area contributed by atoms with E-state index in [1.165, 1.54) is 6.92 Å². The second-order valence-corrected chi connectivity index (χ2v) is 5.06. The highest BCUT2D eigenvalue weighted by Gasteiger charge is 2.24. The number of carbonyl (C=O) groups excluding carboxylic acids is 2. The van der Waals surface area contributed by atoms with E-state index in [1.54, 1.807) is 0 Å². The van der Waals surface area contributed by atoms with Crippen molar-refractivity contribution in [3.8, 4) is 0 Å². The summed E-state index contributed by atoms with van der Waals surface area (Å²) in [4.78, 5) is 33.4. The average molecular weight is 286 g/mol. The zero-order chi connectivity index (χ0) is 15.5. The van der Waals surface area contributed by atoms with Crippen LogP contribution in [0.1, 0.15) is 52.9 Å². The molecule has 0 saturated carbocycles. The Morgan fingerprint density at radius 2 is 1.80 bits per heavy atom. The Kier molecular flexibility index (Phi) is 9.41. The van der Waals surface area contributed by atoms with Gasteiger partial charge in [-0.1, -0.05) is 26.7 Å². The minimum Gasteiger partial charge on any atom is -0.480 e. The van der Waals surface area contributed by atoms with Crippen LogP contribution in [0.3, 0.4) is 0 Å². The highest BCUT2D eigenvalue weighted by atomic mass is 16.4. The first-order valence-electron chi connectivity index (χ1n) is 7.15. The van der Waals surface area contributed by atoms with E-state index in [0.717, 1.165) is 12.8 Å². The van der Waals surface area contributed by atoms with Gasteiger partial charge in [0.05, 0.1) is 0 Å². The van der Waals surface area contributed by atoms with E-state index in [-0.39, 0.29) is 17.7 Å². The molecule has 0 spiro atoms. The fraction of sp³-hybridized carbons (Fsp3) is 0.786. The van der Waals surface area contributed by atoms with Gasteiger partial charge in [0.2, 0.25) is 11.8 Å². The van der Waals surface area contributed by atoms with Crippen LogP contribution in [-0.4, -0.2) is 35.5 Å².